The van der Waals surface area contributed by atoms with Crippen molar-refractivity contribution in [2.75, 3.05) is 24.7 Å². The number of halogens is 2. The van der Waals surface area contributed by atoms with E-state index in [1.807, 2.05) is 6.92 Å². The van der Waals surface area contributed by atoms with Gasteiger partial charge in [0.1, 0.15) is 35.6 Å². The first kappa shape index (κ1) is 27.5. The van der Waals surface area contributed by atoms with E-state index < -0.39 is 24.8 Å². The number of carbonyl (C=O) groups excluding carboxylic acids is 1. The Morgan fingerprint density at radius 1 is 1.47 bits per heavy atom. The third kappa shape index (κ3) is 6.47. The summed E-state index contributed by atoms with van der Waals surface area (Å²) in [6, 6.07) is 6.85. The number of unbranched alkanes of at least 4 members (excludes halogenated alkanes) is 1. The molecule has 0 bridgehead atoms. The third-order valence-corrected chi connectivity index (χ3v) is 4.79. The normalized spacial score (nSPS) is 16.7. The lowest BCUT2D eigenvalue weighted by molar-refractivity contribution is -0.114. The Kier molecular flexibility index (Phi) is 10.7. The van der Waals surface area contributed by atoms with Crippen molar-refractivity contribution < 1.29 is 19.7 Å². The van der Waals surface area contributed by atoms with Crippen LogP contribution in [0.2, 0.25) is 0 Å². The molecule has 13 heteroatoms. The summed E-state index contributed by atoms with van der Waals surface area (Å²) in [6.07, 6.45) is -0.480. The summed E-state index contributed by atoms with van der Waals surface area (Å²) in [6.45, 7) is 1.94. The van der Waals surface area contributed by atoms with Gasteiger partial charge in [0.05, 0.1) is 6.61 Å². The quantitative estimate of drug-likeness (QED) is 0.210. The highest BCUT2D eigenvalue weighted by Gasteiger charge is 2.34. The Morgan fingerprint density at radius 2 is 2.16 bits per heavy atom. The number of guanidine groups is 1. The molecule has 1 aliphatic rings. The minimum absolute atomic E-state index is 0. The van der Waals surface area contributed by atoms with Gasteiger partial charge in [-0.25, -0.2) is 4.99 Å². The number of anilines is 1. The molecule has 1 heterocycles. The highest BCUT2D eigenvalue weighted by atomic mass is 35.5. The monoisotopic (exact) mass is 489 g/mol. The lowest BCUT2D eigenvalue weighted by Crippen LogP contribution is -2.58. The second-order valence-corrected chi connectivity index (χ2v) is 7.21. The molecule has 2 unspecified atom stereocenters. The zero-order valence-corrected chi connectivity index (χ0v) is 19.1. The maximum absolute atomic E-state index is 11.7. The van der Waals surface area contributed by atoms with Gasteiger partial charge in [0.2, 0.25) is 5.96 Å². The van der Waals surface area contributed by atoms with E-state index in [2.05, 4.69) is 4.99 Å². The molecular weight excluding hydrogens is 461 g/mol. The number of primary amides is 1. The third-order valence-electron chi connectivity index (χ3n) is 4.48. The lowest BCUT2D eigenvalue weighted by Gasteiger charge is -2.38. The Labute approximate surface area is 197 Å². The van der Waals surface area contributed by atoms with Gasteiger partial charge in [-0.15, -0.1) is 12.4 Å². The summed E-state index contributed by atoms with van der Waals surface area (Å²) in [5.41, 5.74) is 17.8. The van der Waals surface area contributed by atoms with Crippen LogP contribution in [0.4, 0.5) is 5.69 Å². The van der Waals surface area contributed by atoms with Gasteiger partial charge in [-0.3, -0.25) is 15.1 Å². The Hall–Kier alpha value is -2.57. The van der Waals surface area contributed by atoms with Gasteiger partial charge in [0, 0.05) is 18.3 Å². The molecule has 178 valence electrons. The number of aliphatic imine (C=N–C) groups is 1. The van der Waals surface area contributed by atoms with E-state index in [1.165, 1.54) is 4.90 Å². The molecule has 32 heavy (non-hydrogen) atoms. The highest BCUT2D eigenvalue weighted by Crippen LogP contribution is 2.26. The van der Waals surface area contributed by atoms with E-state index >= 15 is 0 Å². The average Bonchev–Trinajstić information content (AvgIpc) is 2.75. The first-order valence-corrected chi connectivity index (χ1v) is 10.0. The molecule has 0 aromatic heterocycles. The zero-order valence-electron chi connectivity index (χ0n) is 17.6. The topological polar surface area (TPSA) is 188 Å². The van der Waals surface area contributed by atoms with Crippen molar-refractivity contribution in [3.05, 3.63) is 35.8 Å². The van der Waals surface area contributed by atoms with Crippen LogP contribution in [-0.2, 0) is 4.79 Å². The van der Waals surface area contributed by atoms with Gasteiger partial charge >= 0.3 is 0 Å². The molecular formula is C19H29Cl2N7O4. The first-order valence-electron chi connectivity index (χ1n) is 9.67. The van der Waals surface area contributed by atoms with E-state index in [0.29, 0.717) is 18.0 Å². The molecule has 0 radical (unpaired) electrons. The van der Waals surface area contributed by atoms with Crippen molar-refractivity contribution in [3.63, 3.8) is 0 Å². The van der Waals surface area contributed by atoms with E-state index in [0.717, 1.165) is 12.8 Å². The smallest absolute Gasteiger partial charge is 0.271 e. The maximum atomic E-state index is 11.7. The molecule has 0 saturated heterocycles. The van der Waals surface area contributed by atoms with Gasteiger partial charge < -0.3 is 37.1 Å². The van der Waals surface area contributed by atoms with Gasteiger partial charge in [0.25, 0.3) is 5.91 Å². The lowest BCUT2D eigenvalue weighted by atomic mass is 10.2. The van der Waals surface area contributed by atoms with Gasteiger partial charge in [0.15, 0.2) is 5.70 Å². The number of benzene rings is 1. The number of nitrogens with zero attached hydrogens (tertiary/aromatic N) is 3. The SMILES string of the molecule is CCCCN(C(=N)N1C(N)=C(C(N)=O)N=C(Cl)C1N)c1cccc(OCC(O)CO)c1.Cl. The predicted octanol–water partition coefficient (Wildman–Crippen LogP) is 0.232. The molecule has 0 saturated carbocycles. The van der Waals surface area contributed by atoms with Gasteiger partial charge in [-0.2, -0.15) is 0 Å². The molecule has 2 rings (SSSR count). The number of nitrogens with two attached hydrogens (primary N) is 3. The number of rotatable bonds is 9. The number of ether oxygens (including phenoxy) is 1. The van der Waals surface area contributed by atoms with E-state index in [9.17, 15) is 9.90 Å². The molecule has 1 aromatic rings. The Balaban J connectivity index is 0.00000512. The number of hydrogen-bond acceptors (Lipinski definition) is 8. The molecule has 0 spiro atoms. The average molecular weight is 490 g/mol. The fourth-order valence-electron chi connectivity index (χ4n) is 2.82. The largest absolute Gasteiger partial charge is 0.491 e. The minimum atomic E-state index is -1.07. The molecule has 11 nitrogen and oxygen atoms in total. The zero-order chi connectivity index (χ0) is 23.1. The van der Waals surface area contributed by atoms with Crippen molar-refractivity contribution in [3.8, 4) is 5.75 Å². The number of hydrogen-bond donors (Lipinski definition) is 6. The van der Waals surface area contributed by atoms with Crippen LogP contribution in [0.25, 0.3) is 0 Å². The molecule has 1 amide bonds. The van der Waals surface area contributed by atoms with Crippen LogP contribution in [0.1, 0.15) is 19.8 Å². The van der Waals surface area contributed by atoms with Crippen LogP contribution in [-0.4, -0.2) is 64.2 Å². The number of aliphatic hydroxyl groups excluding tert-OH is 2. The molecule has 0 fully saturated rings. The summed E-state index contributed by atoms with van der Waals surface area (Å²) in [5, 5.41) is 27.1. The van der Waals surface area contributed by atoms with Gasteiger partial charge in [-0.1, -0.05) is 31.0 Å². The summed E-state index contributed by atoms with van der Waals surface area (Å²) in [5.74, 6) is -0.756. The molecule has 1 aromatic carbocycles. The van der Waals surface area contributed by atoms with Crippen LogP contribution in [0, 0.1) is 5.41 Å². The Morgan fingerprint density at radius 3 is 2.75 bits per heavy atom. The van der Waals surface area contributed by atoms with E-state index in [1.54, 1.807) is 29.2 Å². The van der Waals surface area contributed by atoms with Crippen molar-refractivity contribution in [2.24, 2.45) is 22.2 Å². The first-order chi connectivity index (χ1) is 14.7. The van der Waals surface area contributed by atoms with Crippen molar-refractivity contribution in [1.29, 1.82) is 5.41 Å². The predicted molar refractivity (Wildman–Crippen MR) is 126 cm³/mol. The van der Waals surface area contributed by atoms with Crippen LogP contribution in [0.15, 0.2) is 40.8 Å². The maximum Gasteiger partial charge on any atom is 0.271 e. The van der Waals surface area contributed by atoms with Crippen LogP contribution in [0.3, 0.4) is 0 Å². The summed E-state index contributed by atoms with van der Waals surface area (Å²) >= 11 is 6.08. The van der Waals surface area contributed by atoms with Crippen molar-refractivity contribution in [1.82, 2.24) is 4.90 Å². The molecule has 9 N–H and O–H groups in total. The summed E-state index contributed by atoms with van der Waals surface area (Å²) in [4.78, 5) is 18.4. The van der Waals surface area contributed by atoms with E-state index in [4.69, 9.17) is 44.1 Å². The summed E-state index contributed by atoms with van der Waals surface area (Å²) < 4.78 is 5.51. The van der Waals surface area contributed by atoms with Gasteiger partial charge in [-0.05, 0) is 18.6 Å². The number of aliphatic hydroxyl groups is 2. The fourth-order valence-corrected chi connectivity index (χ4v) is 3.00. The van der Waals surface area contributed by atoms with Crippen LogP contribution in [0.5, 0.6) is 5.75 Å². The van der Waals surface area contributed by atoms with E-state index in [-0.39, 0.29) is 41.7 Å². The minimum Gasteiger partial charge on any atom is -0.491 e. The summed E-state index contributed by atoms with van der Waals surface area (Å²) in [7, 11) is 0. The number of amides is 1. The molecule has 1 aliphatic heterocycles. The van der Waals surface area contributed by atoms with Crippen molar-refractivity contribution >= 4 is 46.7 Å². The Bertz CT molecular complexity index is 881. The highest BCUT2D eigenvalue weighted by molar-refractivity contribution is 6.67. The standard InChI is InChI=1S/C19H28ClN7O4.ClH/c1-2-3-7-26(11-5-4-6-13(8-11)31-10-12(29)9-28)19(24)27-16(21)14(18(23)30)25-15(20)17(27)22;/h4-6,8,12,17,24,28-29H,2-3,7,9-10,21-22H2,1H3,(H2,23,30);1H. The fraction of sp³-hybridized carbons (Fsp3) is 0.421. The second-order valence-electron chi connectivity index (χ2n) is 6.82. The van der Waals surface area contributed by atoms with Crippen LogP contribution >= 0.6 is 24.0 Å². The second kappa shape index (κ2) is 12.5. The van der Waals surface area contributed by atoms with Crippen LogP contribution < -0.4 is 26.8 Å². The number of carbonyl (C=O) groups is 1. The number of nitrogens with one attached hydrogen (secondary N) is 1. The molecule has 0 aliphatic carbocycles. The molecule has 2 atom stereocenters. The van der Waals surface area contributed by atoms with Crippen molar-refractivity contribution in [2.45, 2.75) is 32.0 Å².